The Labute approximate surface area is 99.3 Å². The maximum Gasteiger partial charge on any atom is 0.308 e. The van der Waals surface area contributed by atoms with Gasteiger partial charge in [0.05, 0.1) is 12.0 Å². The van der Waals surface area contributed by atoms with Gasteiger partial charge in [-0.2, -0.15) is 8.42 Å². The number of carbonyl (C=O) groups excluding carboxylic acids is 1. The van der Waals surface area contributed by atoms with Crippen LogP contribution >= 0.6 is 0 Å². The topological polar surface area (TPSA) is 78.9 Å². The molecule has 0 aromatic carbocycles. The minimum absolute atomic E-state index is 0.247. The summed E-state index contributed by atoms with van der Waals surface area (Å²) in [4.78, 5) is 11.5. The van der Waals surface area contributed by atoms with Gasteiger partial charge in [-0.15, -0.1) is 0 Å². The van der Waals surface area contributed by atoms with E-state index in [1.165, 1.54) is 0 Å². The van der Waals surface area contributed by atoms with Crippen LogP contribution in [0, 0.1) is 5.92 Å². The Hall–Kier alpha value is -0.660. The Balaban J connectivity index is 1.81. The molecule has 0 N–H and O–H groups in total. The third kappa shape index (κ3) is 1.52. The van der Waals surface area contributed by atoms with Crippen molar-refractivity contribution >= 4 is 16.1 Å². The molecule has 5 unspecified atom stereocenters. The van der Waals surface area contributed by atoms with Gasteiger partial charge in [-0.3, -0.25) is 8.98 Å². The van der Waals surface area contributed by atoms with Crippen LogP contribution < -0.4 is 0 Å². The lowest BCUT2D eigenvalue weighted by atomic mass is 9.94. The van der Waals surface area contributed by atoms with Gasteiger partial charge in [-0.1, -0.05) is 13.8 Å². The van der Waals surface area contributed by atoms with Crippen LogP contribution in [0.2, 0.25) is 0 Å². The summed E-state index contributed by atoms with van der Waals surface area (Å²) in [7, 11) is -3.54. The van der Waals surface area contributed by atoms with Gasteiger partial charge >= 0.3 is 5.97 Å². The minimum atomic E-state index is -3.54. The predicted molar refractivity (Wildman–Crippen MR) is 55.6 cm³/mol. The number of hydrogen-bond donors (Lipinski definition) is 0. The van der Waals surface area contributed by atoms with Crippen molar-refractivity contribution in [2.45, 2.75) is 49.9 Å². The molecule has 3 aliphatic rings. The normalized spacial score (nSPS) is 45.5. The fraction of sp³-hybridized carbons (Fsp3) is 0.900. The van der Waals surface area contributed by atoms with E-state index < -0.39 is 33.7 Å². The van der Waals surface area contributed by atoms with Gasteiger partial charge in [0.25, 0.3) is 10.1 Å². The molecule has 0 aliphatic carbocycles. The lowest BCUT2D eigenvalue weighted by Crippen LogP contribution is -2.42. The molecular weight excluding hydrogens is 248 g/mol. The molecule has 3 fully saturated rings. The highest BCUT2D eigenvalue weighted by atomic mass is 32.2. The molecule has 0 saturated carbocycles. The van der Waals surface area contributed by atoms with E-state index in [1.54, 1.807) is 13.8 Å². The van der Waals surface area contributed by atoms with Gasteiger partial charge in [-0.25, -0.2) is 0 Å². The molecule has 0 aromatic rings. The Morgan fingerprint density at radius 2 is 2.06 bits per heavy atom. The zero-order chi connectivity index (χ0) is 12.4. The van der Waals surface area contributed by atoms with Crippen molar-refractivity contribution < 1.29 is 26.9 Å². The Kier molecular flexibility index (Phi) is 2.30. The highest BCUT2D eigenvalue weighted by Gasteiger charge is 2.67. The van der Waals surface area contributed by atoms with Crippen LogP contribution in [0.4, 0.5) is 0 Å². The van der Waals surface area contributed by atoms with E-state index in [0.717, 1.165) is 0 Å². The number of ether oxygens (including phenoxy) is 2. The van der Waals surface area contributed by atoms with Crippen molar-refractivity contribution in [3.8, 4) is 0 Å². The van der Waals surface area contributed by atoms with Crippen molar-refractivity contribution in [2.75, 3.05) is 0 Å². The quantitative estimate of drug-likeness (QED) is 0.507. The first-order chi connectivity index (χ1) is 7.90. The fourth-order valence-electron chi connectivity index (χ4n) is 2.64. The van der Waals surface area contributed by atoms with Gasteiger partial charge in [-0.05, 0) is 6.42 Å². The van der Waals surface area contributed by atoms with Crippen LogP contribution in [0.1, 0.15) is 20.3 Å². The fourth-order valence-corrected chi connectivity index (χ4v) is 4.28. The van der Waals surface area contributed by atoms with Gasteiger partial charge in [0, 0.05) is 0 Å². The summed E-state index contributed by atoms with van der Waals surface area (Å²) in [6.45, 7) is 3.46. The first-order valence-electron chi connectivity index (χ1n) is 5.68. The number of hydrogen-bond acceptors (Lipinski definition) is 6. The molecule has 17 heavy (non-hydrogen) atoms. The van der Waals surface area contributed by atoms with Crippen molar-refractivity contribution in [3.63, 3.8) is 0 Å². The van der Waals surface area contributed by atoms with Crippen molar-refractivity contribution in [1.82, 2.24) is 0 Å². The number of esters is 1. The molecule has 3 saturated heterocycles. The van der Waals surface area contributed by atoms with Crippen LogP contribution in [0.15, 0.2) is 0 Å². The van der Waals surface area contributed by atoms with Crippen LogP contribution in [-0.2, 0) is 28.6 Å². The summed E-state index contributed by atoms with van der Waals surface area (Å²) in [5.74, 6) is -0.599. The van der Waals surface area contributed by atoms with Crippen LogP contribution in [0.5, 0.6) is 0 Å². The molecule has 0 amide bonds. The lowest BCUT2D eigenvalue weighted by molar-refractivity contribution is -0.158. The van der Waals surface area contributed by atoms with Crippen LogP contribution in [0.25, 0.3) is 0 Å². The standard InChI is InChI=1S/C10H14O6S/c1-4(2)10(11)15-7-5-3-6-8(14-5)9(7)16-17(6,12)13/h4-9H,3H2,1-2H3. The summed E-state index contributed by atoms with van der Waals surface area (Å²) in [6.07, 6.45) is -1.67. The number of fused-ring (bicyclic) bond motifs is 1. The Morgan fingerprint density at radius 1 is 1.35 bits per heavy atom. The van der Waals surface area contributed by atoms with E-state index in [1.807, 2.05) is 0 Å². The predicted octanol–water partition coefficient (Wildman–Crippen LogP) is -0.177. The maximum absolute atomic E-state index is 11.6. The first kappa shape index (κ1) is 11.4. The lowest BCUT2D eigenvalue weighted by Gasteiger charge is -2.22. The summed E-state index contributed by atoms with van der Waals surface area (Å²) in [5, 5.41) is -0.577. The molecular formula is C10H14O6S. The van der Waals surface area contributed by atoms with Crippen molar-refractivity contribution in [3.05, 3.63) is 0 Å². The first-order valence-corrected chi connectivity index (χ1v) is 7.15. The largest absolute Gasteiger partial charge is 0.456 e. The van der Waals surface area contributed by atoms with Crippen molar-refractivity contribution in [1.29, 1.82) is 0 Å². The molecule has 0 aromatic heterocycles. The minimum Gasteiger partial charge on any atom is -0.456 e. The summed E-state index contributed by atoms with van der Waals surface area (Å²) < 4.78 is 39.0. The molecule has 7 heteroatoms. The molecule has 2 bridgehead atoms. The van der Waals surface area contributed by atoms with Crippen LogP contribution in [0.3, 0.4) is 0 Å². The Morgan fingerprint density at radius 3 is 2.71 bits per heavy atom. The second kappa shape index (κ2) is 3.43. The van der Waals surface area contributed by atoms with Gasteiger partial charge in [0.1, 0.15) is 17.5 Å². The molecule has 6 nitrogen and oxygen atoms in total. The summed E-state index contributed by atoms with van der Waals surface area (Å²) in [6, 6.07) is 0. The smallest absolute Gasteiger partial charge is 0.308 e. The van der Waals surface area contributed by atoms with E-state index in [0.29, 0.717) is 6.42 Å². The molecule has 0 spiro atoms. The maximum atomic E-state index is 11.6. The van der Waals surface area contributed by atoms with Crippen LogP contribution in [-0.4, -0.2) is 44.1 Å². The van der Waals surface area contributed by atoms with E-state index >= 15 is 0 Å². The van der Waals surface area contributed by atoms with Crippen molar-refractivity contribution in [2.24, 2.45) is 5.92 Å². The summed E-state index contributed by atoms with van der Waals surface area (Å²) >= 11 is 0. The summed E-state index contributed by atoms with van der Waals surface area (Å²) in [5.41, 5.74) is 0. The highest BCUT2D eigenvalue weighted by Crippen LogP contribution is 2.47. The molecule has 0 radical (unpaired) electrons. The second-order valence-corrected chi connectivity index (χ2v) is 6.81. The zero-order valence-corrected chi connectivity index (χ0v) is 10.3. The number of rotatable bonds is 2. The average Bonchev–Trinajstić information content (AvgIpc) is 2.81. The molecule has 3 aliphatic heterocycles. The zero-order valence-electron chi connectivity index (χ0n) is 9.53. The van der Waals surface area contributed by atoms with Gasteiger partial charge in [0.15, 0.2) is 6.10 Å². The molecule has 3 heterocycles. The third-order valence-electron chi connectivity index (χ3n) is 3.52. The highest BCUT2D eigenvalue weighted by molar-refractivity contribution is 7.87. The molecule has 3 rings (SSSR count). The second-order valence-electron chi connectivity index (χ2n) is 5.02. The molecule has 5 atom stereocenters. The monoisotopic (exact) mass is 262 g/mol. The molecule has 96 valence electrons. The SMILES string of the molecule is CC(C)C(=O)OC1C2CC3C(O2)C1OS3(=O)=O. The van der Waals surface area contributed by atoms with Gasteiger partial charge < -0.3 is 9.47 Å². The third-order valence-corrected chi connectivity index (χ3v) is 5.21. The van der Waals surface area contributed by atoms with Gasteiger partial charge in [0.2, 0.25) is 0 Å². The Bertz CT molecular complexity index is 455. The van der Waals surface area contributed by atoms with E-state index in [9.17, 15) is 13.2 Å². The van der Waals surface area contributed by atoms with E-state index in [4.69, 9.17) is 13.7 Å². The number of carbonyl (C=O) groups is 1. The van der Waals surface area contributed by atoms with E-state index in [2.05, 4.69) is 0 Å². The van der Waals surface area contributed by atoms with E-state index in [-0.39, 0.29) is 18.0 Å². The average molecular weight is 262 g/mol.